The first-order valence-electron chi connectivity index (χ1n) is 5.49. The summed E-state index contributed by atoms with van der Waals surface area (Å²) in [4.78, 5) is 15.5. The number of nitrogens with one attached hydrogen (secondary N) is 1. The van der Waals surface area contributed by atoms with E-state index in [-0.39, 0.29) is 11.0 Å². The van der Waals surface area contributed by atoms with Crippen LogP contribution in [-0.2, 0) is 14.6 Å². The number of aliphatic imine (C=N–C) groups is 1. The van der Waals surface area contributed by atoms with Crippen LogP contribution in [0, 0.1) is 0 Å². The zero-order valence-corrected chi connectivity index (χ0v) is 10.9. The molecule has 0 saturated heterocycles. The third-order valence-electron chi connectivity index (χ3n) is 2.78. The Bertz CT molecular complexity index is 593. The number of amidine groups is 1. The van der Waals surface area contributed by atoms with Crippen molar-refractivity contribution < 1.29 is 13.2 Å². The molecule has 2 atom stereocenters. The van der Waals surface area contributed by atoms with Crippen molar-refractivity contribution in [1.82, 2.24) is 5.32 Å². The van der Waals surface area contributed by atoms with Gasteiger partial charge in [0.1, 0.15) is 6.04 Å². The number of benzene rings is 1. The van der Waals surface area contributed by atoms with Crippen LogP contribution < -0.4 is 5.32 Å². The summed E-state index contributed by atoms with van der Waals surface area (Å²) in [6, 6.07) is 8.13. The highest BCUT2D eigenvalue weighted by atomic mass is 32.2. The highest BCUT2D eigenvalue weighted by Crippen LogP contribution is 2.25. The van der Waals surface area contributed by atoms with Crippen LogP contribution in [0.1, 0.15) is 18.5 Å². The average molecular weight is 266 g/mol. The minimum atomic E-state index is -3.42. The van der Waals surface area contributed by atoms with Crippen LogP contribution in [0.3, 0.4) is 0 Å². The number of hydrogen-bond donors (Lipinski definition) is 1. The number of Topliss-reactive ketones (excluding diaryl/α,β-unsaturated/α-hetero) is 1. The normalized spacial score (nSPS) is 23.3. The summed E-state index contributed by atoms with van der Waals surface area (Å²) in [6.07, 6.45) is 1.07. The monoisotopic (exact) mass is 266 g/mol. The highest BCUT2D eigenvalue weighted by Gasteiger charge is 2.36. The van der Waals surface area contributed by atoms with Gasteiger partial charge in [0.2, 0.25) is 15.0 Å². The second-order valence-corrected chi connectivity index (χ2v) is 6.23. The Morgan fingerprint density at radius 1 is 1.28 bits per heavy atom. The predicted octanol–water partition coefficient (Wildman–Crippen LogP) is 0.689. The Kier molecular flexibility index (Phi) is 3.21. The molecule has 0 bridgehead atoms. The van der Waals surface area contributed by atoms with Gasteiger partial charge in [-0.15, -0.1) is 0 Å². The molecule has 1 N–H and O–H groups in total. The second-order valence-electron chi connectivity index (χ2n) is 4.29. The third-order valence-corrected chi connectivity index (χ3v) is 3.70. The van der Waals surface area contributed by atoms with Gasteiger partial charge in [-0.3, -0.25) is 4.79 Å². The van der Waals surface area contributed by atoms with Crippen molar-refractivity contribution in [1.29, 1.82) is 0 Å². The maximum absolute atomic E-state index is 11.6. The Balaban J connectivity index is 2.38. The molecule has 1 aromatic carbocycles. The van der Waals surface area contributed by atoms with E-state index < -0.39 is 21.9 Å². The molecular formula is C12H14N2O3S. The third kappa shape index (κ3) is 2.43. The number of ketones is 1. The van der Waals surface area contributed by atoms with Crippen molar-refractivity contribution in [2.75, 3.05) is 6.26 Å². The topological polar surface area (TPSA) is 75.6 Å². The fourth-order valence-electron chi connectivity index (χ4n) is 1.90. The smallest absolute Gasteiger partial charge is 0.217 e. The minimum absolute atomic E-state index is 0.114. The Morgan fingerprint density at radius 3 is 2.39 bits per heavy atom. The van der Waals surface area contributed by atoms with E-state index in [1.54, 1.807) is 0 Å². The maximum atomic E-state index is 11.6. The van der Waals surface area contributed by atoms with E-state index in [4.69, 9.17) is 0 Å². The molecular weight excluding hydrogens is 252 g/mol. The van der Waals surface area contributed by atoms with Gasteiger partial charge in [0, 0.05) is 6.26 Å². The highest BCUT2D eigenvalue weighted by molar-refractivity contribution is 8.05. The number of carbonyl (C=O) groups excluding carboxylic acids is 1. The first-order valence-corrected chi connectivity index (χ1v) is 7.38. The molecule has 0 amide bonds. The molecule has 0 saturated carbocycles. The SMILES string of the molecule is CC(=O)C1N=C(S(C)(=O)=O)NC1c1ccccc1. The van der Waals surface area contributed by atoms with Gasteiger partial charge in [-0.25, -0.2) is 13.4 Å². The molecule has 1 aromatic rings. The van der Waals surface area contributed by atoms with Crippen LogP contribution >= 0.6 is 0 Å². The summed E-state index contributed by atoms with van der Waals surface area (Å²) >= 11 is 0. The van der Waals surface area contributed by atoms with Crippen LogP contribution in [0.4, 0.5) is 0 Å². The lowest BCUT2D eigenvalue weighted by atomic mass is 9.98. The lowest BCUT2D eigenvalue weighted by Crippen LogP contribution is -2.32. The van der Waals surface area contributed by atoms with Crippen LogP contribution in [0.2, 0.25) is 0 Å². The van der Waals surface area contributed by atoms with Crippen molar-refractivity contribution in [3.05, 3.63) is 35.9 Å². The van der Waals surface area contributed by atoms with Gasteiger partial charge in [-0.05, 0) is 12.5 Å². The van der Waals surface area contributed by atoms with E-state index >= 15 is 0 Å². The minimum Gasteiger partial charge on any atom is -0.351 e. The Morgan fingerprint density at radius 2 is 1.89 bits per heavy atom. The summed E-state index contributed by atoms with van der Waals surface area (Å²) in [5, 5.41) is 2.71. The quantitative estimate of drug-likeness (QED) is 0.854. The number of nitrogens with zero attached hydrogens (tertiary/aromatic N) is 1. The molecule has 1 aliphatic heterocycles. The van der Waals surface area contributed by atoms with E-state index in [0.717, 1.165) is 11.8 Å². The van der Waals surface area contributed by atoms with Crippen molar-refractivity contribution in [3.8, 4) is 0 Å². The van der Waals surface area contributed by atoms with Gasteiger partial charge in [0.05, 0.1) is 6.04 Å². The number of rotatable bonds is 2. The van der Waals surface area contributed by atoms with Gasteiger partial charge < -0.3 is 5.32 Å². The molecule has 2 rings (SSSR count). The van der Waals surface area contributed by atoms with Gasteiger partial charge in [0.25, 0.3) is 0 Å². The van der Waals surface area contributed by atoms with E-state index in [0.29, 0.717) is 0 Å². The lowest BCUT2D eigenvalue weighted by molar-refractivity contribution is -0.118. The standard InChI is InChI=1S/C12H14N2O3S/c1-8(15)10-11(9-6-4-3-5-7-9)14-12(13-10)18(2,16)17/h3-7,10-11H,1-2H3,(H,13,14). The molecule has 6 heteroatoms. The predicted molar refractivity (Wildman–Crippen MR) is 69.1 cm³/mol. The zero-order valence-electron chi connectivity index (χ0n) is 10.1. The van der Waals surface area contributed by atoms with Crippen molar-refractivity contribution in [2.45, 2.75) is 19.0 Å². The first-order chi connectivity index (χ1) is 8.39. The molecule has 5 nitrogen and oxygen atoms in total. The lowest BCUT2D eigenvalue weighted by Gasteiger charge is -2.16. The van der Waals surface area contributed by atoms with Crippen molar-refractivity contribution in [2.24, 2.45) is 4.99 Å². The molecule has 0 fully saturated rings. The molecule has 0 aromatic heterocycles. The van der Waals surface area contributed by atoms with Crippen molar-refractivity contribution in [3.63, 3.8) is 0 Å². The summed E-state index contributed by atoms with van der Waals surface area (Å²) in [5.74, 6) is -0.157. The van der Waals surface area contributed by atoms with Gasteiger partial charge in [-0.1, -0.05) is 30.3 Å². The summed E-state index contributed by atoms with van der Waals surface area (Å²) in [6.45, 7) is 1.41. The van der Waals surface area contributed by atoms with Crippen LogP contribution in [0.5, 0.6) is 0 Å². The zero-order chi connectivity index (χ0) is 13.3. The summed E-state index contributed by atoms with van der Waals surface area (Å²) in [7, 11) is -3.42. The molecule has 0 aliphatic carbocycles. The second kappa shape index (κ2) is 4.53. The van der Waals surface area contributed by atoms with E-state index in [9.17, 15) is 13.2 Å². The number of sulfone groups is 1. The molecule has 18 heavy (non-hydrogen) atoms. The first kappa shape index (κ1) is 12.8. The summed E-state index contributed by atoms with van der Waals surface area (Å²) < 4.78 is 22.9. The van der Waals surface area contributed by atoms with Crippen LogP contribution in [0.25, 0.3) is 0 Å². The Hall–Kier alpha value is -1.69. The number of carbonyl (C=O) groups is 1. The van der Waals surface area contributed by atoms with Gasteiger partial charge >= 0.3 is 0 Å². The van der Waals surface area contributed by atoms with E-state index in [1.807, 2.05) is 30.3 Å². The molecule has 96 valence electrons. The van der Waals surface area contributed by atoms with Crippen molar-refractivity contribution >= 4 is 20.8 Å². The van der Waals surface area contributed by atoms with E-state index in [2.05, 4.69) is 10.3 Å². The maximum Gasteiger partial charge on any atom is 0.217 e. The van der Waals surface area contributed by atoms with Crippen LogP contribution in [0.15, 0.2) is 35.3 Å². The van der Waals surface area contributed by atoms with Gasteiger partial charge in [0.15, 0.2) is 5.78 Å². The van der Waals surface area contributed by atoms with Crippen LogP contribution in [-0.4, -0.2) is 31.7 Å². The summed E-state index contributed by atoms with van der Waals surface area (Å²) in [5.41, 5.74) is 0.847. The fraction of sp³-hybridized carbons (Fsp3) is 0.333. The van der Waals surface area contributed by atoms with E-state index in [1.165, 1.54) is 6.92 Å². The fourth-order valence-corrected chi connectivity index (χ4v) is 2.55. The Labute approximate surface area is 106 Å². The largest absolute Gasteiger partial charge is 0.351 e. The molecule has 0 spiro atoms. The molecule has 1 aliphatic rings. The van der Waals surface area contributed by atoms with Gasteiger partial charge in [-0.2, -0.15) is 0 Å². The molecule has 2 unspecified atom stereocenters. The molecule has 0 radical (unpaired) electrons. The molecule has 1 heterocycles. The number of hydrogen-bond acceptors (Lipinski definition) is 5. The average Bonchev–Trinajstić information content (AvgIpc) is 2.74.